The Labute approximate surface area is 194 Å². The number of nitrogens with one attached hydrogen (secondary N) is 1. The van der Waals surface area contributed by atoms with E-state index in [4.69, 9.17) is 16.7 Å². The van der Waals surface area contributed by atoms with Crippen molar-refractivity contribution < 1.29 is 41.4 Å². The van der Waals surface area contributed by atoms with Gasteiger partial charge in [-0.2, -0.15) is 22.0 Å². The van der Waals surface area contributed by atoms with Crippen LogP contribution >= 0.6 is 11.6 Å². The molecule has 1 atom stereocenters. The Kier molecular flexibility index (Phi) is 7.44. The number of anilines is 1. The number of aliphatic hydroxyl groups is 2. The molecule has 34 heavy (non-hydrogen) atoms. The van der Waals surface area contributed by atoms with Gasteiger partial charge < -0.3 is 20.4 Å². The van der Waals surface area contributed by atoms with Gasteiger partial charge in [0.2, 0.25) is 0 Å². The molecule has 0 fully saturated rings. The second-order valence-electron chi connectivity index (χ2n) is 7.42. The number of aliphatic hydroxyl groups excluding tert-OH is 2. The Morgan fingerprint density at radius 2 is 1.94 bits per heavy atom. The SMILES string of the molecule is O=C(Nc1ccc(C(F)(F)F)c(Cl)c1)N1CC=C(c2ncc(C(F)(F)[C@@H](O)CO)cc2F)CC1. The van der Waals surface area contributed by atoms with Crippen LogP contribution in [-0.4, -0.2) is 51.9 Å². The number of benzene rings is 1. The van der Waals surface area contributed by atoms with Crippen LogP contribution in [0.15, 0.2) is 36.5 Å². The second-order valence-corrected chi connectivity index (χ2v) is 7.83. The van der Waals surface area contributed by atoms with E-state index in [1.807, 2.05) is 0 Å². The fourth-order valence-electron chi connectivity index (χ4n) is 3.26. The molecule has 2 amide bonds. The summed E-state index contributed by atoms with van der Waals surface area (Å²) in [6, 6.07) is 2.66. The monoisotopic (exact) mass is 509 g/mol. The minimum atomic E-state index is -4.64. The van der Waals surface area contributed by atoms with E-state index in [1.54, 1.807) is 0 Å². The zero-order valence-electron chi connectivity index (χ0n) is 17.2. The molecule has 0 radical (unpaired) electrons. The summed E-state index contributed by atoms with van der Waals surface area (Å²) in [5, 5.41) is 19.8. The number of urea groups is 1. The normalized spacial score (nSPS) is 15.7. The van der Waals surface area contributed by atoms with Gasteiger partial charge in [0.05, 0.1) is 17.2 Å². The highest BCUT2D eigenvalue weighted by atomic mass is 35.5. The molecule has 1 aromatic heterocycles. The molecule has 0 spiro atoms. The van der Waals surface area contributed by atoms with Crippen LogP contribution in [0.4, 0.5) is 36.8 Å². The molecule has 0 saturated heterocycles. The first kappa shape index (κ1) is 25.8. The van der Waals surface area contributed by atoms with Gasteiger partial charge in [-0.15, -0.1) is 0 Å². The van der Waals surface area contributed by atoms with E-state index in [2.05, 4.69) is 10.3 Å². The van der Waals surface area contributed by atoms with E-state index < -0.39 is 52.8 Å². The van der Waals surface area contributed by atoms with E-state index >= 15 is 0 Å². The molecule has 1 aromatic carbocycles. The Morgan fingerprint density at radius 1 is 1.24 bits per heavy atom. The minimum Gasteiger partial charge on any atom is -0.393 e. The van der Waals surface area contributed by atoms with Crippen molar-refractivity contribution in [3.8, 4) is 0 Å². The minimum absolute atomic E-state index is 0.00219. The van der Waals surface area contributed by atoms with Crippen molar-refractivity contribution in [2.45, 2.75) is 24.6 Å². The van der Waals surface area contributed by atoms with Gasteiger partial charge in [-0.05, 0) is 36.3 Å². The Hall–Kier alpha value is -2.83. The summed E-state index contributed by atoms with van der Waals surface area (Å²) in [7, 11) is 0. The van der Waals surface area contributed by atoms with Crippen molar-refractivity contribution in [2.75, 3.05) is 25.0 Å². The first-order chi connectivity index (χ1) is 15.8. The van der Waals surface area contributed by atoms with E-state index in [0.717, 1.165) is 18.2 Å². The first-order valence-corrected chi connectivity index (χ1v) is 10.2. The predicted molar refractivity (Wildman–Crippen MR) is 111 cm³/mol. The molecule has 2 heterocycles. The summed E-state index contributed by atoms with van der Waals surface area (Å²) in [5.74, 6) is -4.97. The van der Waals surface area contributed by atoms with Gasteiger partial charge in [0.1, 0.15) is 17.6 Å². The molecule has 2 aromatic rings. The number of hydrogen-bond acceptors (Lipinski definition) is 4. The highest BCUT2D eigenvalue weighted by Crippen LogP contribution is 2.36. The number of alkyl halides is 5. The fourth-order valence-corrected chi connectivity index (χ4v) is 3.55. The molecule has 0 saturated carbocycles. The van der Waals surface area contributed by atoms with Crippen LogP contribution in [0.1, 0.15) is 23.2 Å². The predicted octanol–water partition coefficient (Wildman–Crippen LogP) is 4.66. The number of amides is 2. The van der Waals surface area contributed by atoms with Gasteiger partial charge in [-0.3, -0.25) is 4.98 Å². The highest BCUT2D eigenvalue weighted by Gasteiger charge is 2.41. The Morgan fingerprint density at radius 3 is 2.47 bits per heavy atom. The van der Waals surface area contributed by atoms with Gasteiger partial charge in [-0.1, -0.05) is 17.7 Å². The van der Waals surface area contributed by atoms with E-state index in [1.165, 1.54) is 11.0 Å². The van der Waals surface area contributed by atoms with Gasteiger partial charge >= 0.3 is 18.1 Å². The molecule has 1 aliphatic rings. The smallest absolute Gasteiger partial charge is 0.393 e. The van der Waals surface area contributed by atoms with Crippen LogP contribution in [0.3, 0.4) is 0 Å². The molecule has 184 valence electrons. The molecule has 3 N–H and O–H groups in total. The van der Waals surface area contributed by atoms with Crippen molar-refractivity contribution in [3.05, 3.63) is 64.2 Å². The lowest BCUT2D eigenvalue weighted by molar-refractivity contribution is -0.137. The number of aromatic nitrogens is 1. The number of hydrogen-bond donors (Lipinski definition) is 3. The van der Waals surface area contributed by atoms with Crippen LogP contribution in [-0.2, 0) is 12.1 Å². The van der Waals surface area contributed by atoms with E-state index in [0.29, 0.717) is 17.8 Å². The third-order valence-electron chi connectivity index (χ3n) is 5.14. The lowest BCUT2D eigenvalue weighted by Gasteiger charge is -2.27. The van der Waals surface area contributed by atoms with Crippen LogP contribution in [0.5, 0.6) is 0 Å². The maximum Gasteiger partial charge on any atom is 0.417 e. The number of carbonyl (C=O) groups is 1. The van der Waals surface area contributed by atoms with Gasteiger partial charge in [-0.25, -0.2) is 9.18 Å². The second kappa shape index (κ2) is 9.80. The molecule has 0 bridgehead atoms. The van der Waals surface area contributed by atoms with E-state index in [9.17, 15) is 36.2 Å². The van der Waals surface area contributed by atoms with Crippen molar-refractivity contribution >= 4 is 28.9 Å². The summed E-state index contributed by atoms with van der Waals surface area (Å²) in [6.45, 7) is -1.13. The summed E-state index contributed by atoms with van der Waals surface area (Å²) in [6.07, 6.45) is -4.76. The summed E-state index contributed by atoms with van der Waals surface area (Å²) >= 11 is 5.64. The summed E-state index contributed by atoms with van der Waals surface area (Å²) < 4.78 is 80.8. The number of rotatable bonds is 5. The van der Waals surface area contributed by atoms with Crippen molar-refractivity contribution in [2.24, 2.45) is 0 Å². The van der Waals surface area contributed by atoms with Crippen LogP contribution in [0, 0.1) is 5.82 Å². The standard InChI is InChI=1S/C21H18ClF6N3O3/c22-15-8-13(1-2-14(15)21(26,27)28)30-19(34)31-5-3-11(4-6-31)18-16(23)7-12(9-29-18)20(24,25)17(33)10-32/h1-3,7-9,17,32-33H,4-6,10H2,(H,30,34)/t17-/m0/s1. The number of nitrogens with zero attached hydrogens (tertiary/aromatic N) is 2. The van der Waals surface area contributed by atoms with Crippen LogP contribution < -0.4 is 5.32 Å². The first-order valence-electron chi connectivity index (χ1n) is 9.79. The summed E-state index contributed by atoms with van der Waals surface area (Å²) in [4.78, 5) is 17.4. The van der Waals surface area contributed by atoms with Gasteiger partial charge in [0.25, 0.3) is 0 Å². The molecule has 6 nitrogen and oxygen atoms in total. The maximum atomic E-state index is 14.5. The molecule has 1 aliphatic heterocycles. The van der Waals surface area contributed by atoms with Crippen molar-refractivity contribution in [3.63, 3.8) is 0 Å². The van der Waals surface area contributed by atoms with Crippen LogP contribution in [0.2, 0.25) is 5.02 Å². The van der Waals surface area contributed by atoms with Crippen LogP contribution in [0.25, 0.3) is 5.57 Å². The Bertz CT molecular complexity index is 1110. The molecule has 0 aliphatic carbocycles. The lowest BCUT2D eigenvalue weighted by atomic mass is 10.0. The number of halogens is 7. The average molecular weight is 510 g/mol. The molecule has 3 rings (SSSR count). The van der Waals surface area contributed by atoms with Gasteiger partial charge in [0.15, 0.2) is 0 Å². The third kappa shape index (κ3) is 5.45. The van der Waals surface area contributed by atoms with Crippen molar-refractivity contribution in [1.29, 1.82) is 0 Å². The highest BCUT2D eigenvalue weighted by molar-refractivity contribution is 6.31. The molecular formula is C21H18ClF6N3O3. The maximum absolute atomic E-state index is 14.5. The largest absolute Gasteiger partial charge is 0.417 e. The molecule has 0 unspecified atom stereocenters. The van der Waals surface area contributed by atoms with Crippen molar-refractivity contribution in [1.82, 2.24) is 9.88 Å². The van der Waals surface area contributed by atoms with Gasteiger partial charge in [0, 0.05) is 30.5 Å². The molecule has 13 heteroatoms. The molecular weight excluding hydrogens is 492 g/mol. The zero-order chi connectivity index (χ0) is 25.3. The lowest BCUT2D eigenvalue weighted by Crippen LogP contribution is -2.38. The average Bonchev–Trinajstić information content (AvgIpc) is 2.77. The quantitative estimate of drug-likeness (QED) is 0.512. The topological polar surface area (TPSA) is 85.7 Å². The Balaban J connectivity index is 1.68. The number of carbonyl (C=O) groups excluding carboxylic acids is 1. The van der Waals surface area contributed by atoms with E-state index in [-0.39, 0.29) is 30.9 Å². The zero-order valence-corrected chi connectivity index (χ0v) is 18.0. The fraction of sp³-hybridized carbons (Fsp3) is 0.333. The third-order valence-corrected chi connectivity index (χ3v) is 5.46. The number of pyridine rings is 1. The summed E-state index contributed by atoms with van der Waals surface area (Å²) in [5.41, 5.74) is -1.74.